The number of ether oxygens (including phenoxy) is 1. The first kappa shape index (κ1) is 17.7. The van der Waals surface area contributed by atoms with Gasteiger partial charge in [-0.25, -0.2) is 4.39 Å². The molecule has 27 heavy (non-hydrogen) atoms. The summed E-state index contributed by atoms with van der Waals surface area (Å²) in [7, 11) is 0. The Kier molecular flexibility index (Phi) is 4.70. The Bertz CT molecular complexity index is 905. The fourth-order valence-electron chi connectivity index (χ4n) is 3.81. The van der Waals surface area contributed by atoms with Gasteiger partial charge in [0.05, 0.1) is 11.1 Å². The zero-order valence-electron chi connectivity index (χ0n) is 15.2. The number of hydrogen-bond acceptors (Lipinski definition) is 4. The number of phenols is 1. The van der Waals surface area contributed by atoms with Crippen molar-refractivity contribution >= 4 is 11.9 Å². The summed E-state index contributed by atoms with van der Waals surface area (Å²) in [6.07, 6.45) is 3.95. The number of likely N-dealkylation sites (tertiary alicyclic amines) is 1. The highest BCUT2D eigenvalue weighted by Gasteiger charge is 2.32. The first-order valence-corrected chi connectivity index (χ1v) is 9.28. The molecule has 2 aromatic carbocycles. The molecule has 0 radical (unpaired) electrons. The van der Waals surface area contributed by atoms with Gasteiger partial charge in [0, 0.05) is 13.1 Å². The Morgan fingerprint density at radius 3 is 2.78 bits per heavy atom. The van der Waals surface area contributed by atoms with Gasteiger partial charge in [-0.2, -0.15) is 0 Å². The van der Waals surface area contributed by atoms with Gasteiger partial charge < -0.3 is 9.84 Å². The number of Topliss-reactive ketones (excluding diaryl/α,β-unsaturated/α-hetero) is 1. The molecule has 1 saturated heterocycles. The summed E-state index contributed by atoms with van der Waals surface area (Å²) in [6.45, 7) is 4.72. The molecule has 2 aliphatic heterocycles. The second-order valence-corrected chi connectivity index (χ2v) is 7.41. The Balaban J connectivity index is 1.63. The van der Waals surface area contributed by atoms with E-state index >= 15 is 0 Å². The number of rotatable bonds is 3. The summed E-state index contributed by atoms with van der Waals surface area (Å²) in [5.41, 5.74) is 1.79. The highest BCUT2D eigenvalue weighted by molar-refractivity contribution is 6.15. The number of fused-ring (bicyclic) bond motifs is 1. The molecule has 2 aliphatic rings. The average Bonchev–Trinajstić information content (AvgIpc) is 2.96. The predicted molar refractivity (Wildman–Crippen MR) is 101 cm³/mol. The third kappa shape index (κ3) is 3.60. The van der Waals surface area contributed by atoms with Crippen LogP contribution in [0.15, 0.2) is 42.2 Å². The van der Waals surface area contributed by atoms with Gasteiger partial charge in [0.2, 0.25) is 5.78 Å². The molecular weight excluding hydrogens is 345 g/mol. The summed E-state index contributed by atoms with van der Waals surface area (Å²) in [6, 6.07) is 9.02. The van der Waals surface area contributed by atoms with Crippen LogP contribution in [0.2, 0.25) is 0 Å². The lowest BCUT2D eigenvalue weighted by atomic mass is 9.99. The second kappa shape index (κ2) is 7.16. The minimum atomic E-state index is -0.331. The molecular formula is C22H22FNO3. The molecule has 1 N–H and O–H groups in total. The van der Waals surface area contributed by atoms with Crippen LogP contribution in [0.5, 0.6) is 11.5 Å². The number of piperidine rings is 1. The molecule has 5 heteroatoms. The molecule has 0 aromatic heterocycles. The predicted octanol–water partition coefficient (Wildman–Crippen LogP) is 4.38. The molecule has 1 unspecified atom stereocenters. The van der Waals surface area contributed by atoms with E-state index in [0.717, 1.165) is 19.5 Å². The number of hydrogen-bond donors (Lipinski definition) is 1. The maximum absolute atomic E-state index is 13.1. The normalized spacial score (nSPS) is 21.3. The number of phenolic OH excluding ortho intramolecular Hbond substituents is 1. The Labute approximate surface area is 157 Å². The van der Waals surface area contributed by atoms with Crippen LogP contribution in [0.4, 0.5) is 4.39 Å². The van der Waals surface area contributed by atoms with E-state index in [9.17, 15) is 14.3 Å². The molecule has 140 valence electrons. The molecule has 0 amide bonds. The van der Waals surface area contributed by atoms with Crippen molar-refractivity contribution in [3.63, 3.8) is 0 Å². The van der Waals surface area contributed by atoms with E-state index in [1.54, 1.807) is 30.3 Å². The van der Waals surface area contributed by atoms with Crippen molar-refractivity contribution in [3.8, 4) is 11.5 Å². The molecule has 1 atom stereocenters. The summed E-state index contributed by atoms with van der Waals surface area (Å²) in [5, 5.41) is 10.4. The lowest BCUT2D eigenvalue weighted by molar-refractivity contribution is 0.101. The molecule has 0 spiro atoms. The van der Waals surface area contributed by atoms with Crippen molar-refractivity contribution in [2.75, 3.05) is 13.1 Å². The molecule has 4 nitrogen and oxygen atoms in total. The molecule has 1 fully saturated rings. The number of carbonyl (C=O) groups is 1. The van der Waals surface area contributed by atoms with Gasteiger partial charge in [0.25, 0.3) is 0 Å². The number of halogens is 1. The number of aromatic hydroxyl groups is 1. The summed E-state index contributed by atoms with van der Waals surface area (Å²) in [4.78, 5) is 15.0. The zero-order chi connectivity index (χ0) is 19.0. The van der Waals surface area contributed by atoms with Gasteiger partial charge in [-0.05, 0) is 61.2 Å². The highest BCUT2D eigenvalue weighted by Crippen LogP contribution is 2.40. The Morgan fingerprint density at radius 2 is 2.04 bits per heavy atom. The molecule has 0 saturated carbocycles. The first-order chi connectivity index (χ1) is 13.0. The average molecular weight is 367 g/mol. The van der Waals surface area contributed by atoms with Crippen LogP contribution >= 0.6 is 0 Å². The minimum Gasteiger partial charge on any atom is -0.507 e. The van der Waals surface area contributed by atoms with Crippen molar-refractivity contribution < 1.29 is 19.0 Å². The lowest BCUT2D eigenvalue weighted by Crippen LogP contribution is -2.33. The van der Waals surface area contributed by atoms with E-state index in [2.05, 4.69) is 11.8 Å². The van der Waals surface area contributed by atoms with Crippen molar-refractivity contribution in [3.05, 3.63) is 64.7 Å². The van der Waals surface area contributed by atoms with E-state index in [4.69, 9.17) is 4.74 Å². The monoisotopic (exact) mass is 367 g/mol. The number of ketones is 1. The number of benzene rings is 2. The van der Waals surface area contributed by atoms with Crippen molar-refractivity contribution in [1.29, 1.82) is 0 Å². The Morgan fingerprint density at radius 1 is 1.26 bits per heavy atom. The smallest absolute Gasteiger partial charge is 0.231 e. The topological polar surface area (TPSA) is 49.8 Å². The Hall–Kier alpha value is -2.66. The van der Waals surface area contributed by atoms with E-state index in [1.165, 1.54) is 18.6 Å². The van der Waals surface area contributed by atoms with Gasteiger partial charge in [-0.15, -0.1) is 0 Å². The largest absolute Gasteiger partial charge is 0.507 e. The van der Waals surface area contributed by atoms with Crippen molar-refractivity contribution in [2.45, 2.75) is 26.3 Å². The maximum Gasteiger partial charge on any atom is 0.231 e. The van der Waals surface area contributed by atoms with Crippen LogP contribution in [0.1, 0.15) is 41.3 Å². The van der Waals surface area contributed by atoms with Gasteiger partial charge in [0.1, 0.15) is 17.3 Å². The van der Waals surface area contributed by atoms with Crippen LogP contribution < -0.4 is 4.74 Å². The van der Waals surface area contributed by atoms with Crippen LogP contribution in [-0.2, 0) is 6.54 Å². The van der Waals surface area contributed by atoms with Gasteiger partial charge in [-0.1, -0.05) is 19.1 Å². The van der Waals surface area contributed by atoms with E-state index in [1.807, 2.05) is 0 Å². The fraction of sp³-hybridized carbons (Fsp3) is 0.318. The van der Waals surface area contributed by atoms with Gasteiger partial charge >= 0.3 is 0 Å². The summed E-state index contributed by atoms with van der Waals surface area (Å²) in [5.74, 6) is 0.837. The van der Waals surface area contributed by atoms with E-state index < -0.39 is 0 Å². The van der Waals surface area contributed by atoms with Crippen LogP contribution in [0.3, 0.4) is 0 Å². The molecule has 2 aromatic rings. The van der Waals surface area contributed by atoms with Crippen LogP contribution in [-0.4, -0.2) is 28.9 Å². The quantitative estimate of drug-likeness (QED) is 0.818. The number of nitrogens with zero attached hydrogens (tertiary/aromatic N) is 1. The second-order valence-electron chi connectivity index (χ2n) is 7.41. The van der Waals surface area contributed by atoms with E-state index in [-0.39, 0.29) is 23.1 Å². The van der Waals surface area contributed by atoms with Crippen molar-refractivity contribution in [1.82, 2.24) is 4.90 Å². The third-order valence-electron chi connectivity index (χ3n) is 5.21. The number of allylic oxidation sites excluding steroid dienone is 1. The minimum absolute atomic E-state index is 0.141. The van der Waals surface area contributed by atoms with Crippen molar-refractivity contribution in [2.24, 2.45) is 5.92 Å². The van der Waals surface area contributed by atoms with Gasteiger partial charge in [0.15, 0.2) is 5.76 Å². The van der Waals surface area contributed by atoms with Crippen LogP contribution in [0.25, 0.3) is 6.08 Å². The standard InChI is InChI=1S/C22H22FNO3/c1-14-3-2-10-24(12-14)13-18-19(25)9-8-17-21(26)20(27-22(17)18)11-15-4-6-16(23)7-5-15/h4-9,11,14,25H,2-3,10,12-13H2,1H3/b20-11+. The highest BCUT2D eigenvalue weighted by atomic mass is 19.1. The zero-order valence-corrected chi connectivity index (χ0v) is 15.2. The maximum atomic E-state index is 13.1. The number of carbonyl (C=O) groups excluding carboxylic acids is 1. The first-order valence-electron chi connectivity index (χ1n) is 9.28. The van der Waals surface area contributed by atoms with Gasteiger partial charge in [-0.3, -0.25) is 9.69 Å². The van der Waals surface area contributed by atoms with E-state index in [0.29, 0.717) is 34.9 Å². The SMILES string of the molecule is CC1CCCN(Cc2c(O)ccc3c2O/C(=C/c2ccc(F)cc2)C3=O)C1. The lowest BCUT2D eigenvalue weighted by Gasteiger charge is -2.31. The molecule has 0 aliphatic carbocycles. The molecule has 4 rings (SSSR count). The summed E-state index contributed by atoms with van der Waals surface area (Å²) >= 11 is 0. The molecule has 2 heterocycles. The van der Waals surface area contributed by atoms with Crippen LogP contribution in [0, 0.1) is 11.7 Å². The summed E-state index contributed by atoms with van der Waals surface area (Å²) < 4.78 is 19.0. The molecule has 0 bridgehead atoms. The third-order valence-corrected chi connectivity index (χ3v) is 5.21. The fourth-order valence-corrected chi connectivity index (χ4v) is 3.81.